The lowest BCUT2D eigenvalue weighted by Crippen LogP contribution is -2.42. The summed E-state index contributed by atoms with van der Waals surface area (Å²) >= 11 is 0. The molecule has 0 radical (unpaired) electrons. The van der Waals surface area contributed by atoms with Gasteiger partial charge < -0.3 is 15.2 Å². The average molecular weight is 131 g/mol. The molecule has 54 valence electrons. The Labute approximate surface area is 55.0 Å². The van der Waals surface area contributed by atoms with E-state index in [1.165, 1.54) is 0 Å². The molecule has 0 saturated carbocycles. The first kappa shape index (κ1) is 6.99. The van der Waals surface area contributed by atoms with Crippen molar-refractivity contribution in [1.29, 1.82) is 0 Å². The Kier molecular flexibility index (Phi) is 2.45. The molecule has 1 aliphatic rings. The van der Waals surface area contributed by atoms with Gasteiger partial charge in [0.15, 0.2) is 0 Å². The van der Waals surface area contributed by atoms with E-state index in [9.17, 15) is 0 Å². The molecular formula is C6H13NO2. The number of nitrogens with one attached hydrogen (secondary N) is 1. The van der Waals surface area contributed by atoms with E-state index in [-0.39, 0.29) is 12.2 Å². The lowest BCUT2D eigenvalue weighted by molar-refractivity contribution is 0.0225. The Morgan fingerprint density at radius 2 is 2.33 bits per heavy atom. The summed E-state index contributed by atoms with van der Waals surface area (Å²) in [5.74, 6) is 0. The summed E-state index contributed by atoms with van der Waals surface area (Å²) in [5.41, 5.74) is 0. The number of hydrogen-bond donors (Lipinski definition) is 2. The maximum atomic E-state index is 9.07. The van der Waals surface area contributed by atoms with Crippen LogP contribution in [0.25, 0.3) is 0 Å². The lowest BCUT2D eigenvalue weighted by Gasteiger charge is -2.25. The predicted octanol–water partition coefficient (Wildman–Crippen LogP) is -0.644. The molecule has 1 heterocycles. The Morgan fingerprint density at radius 3 is 2.78 bits per heavy atom. The number of ether oxygens (including phenoxy) is 1. The smallest absolute Gasteiger partial charge is 0.0720 e. The van der Waals surface area contributed by atoms with Gasteiger partial charge in [-0.2, -0.15) is 0 Å². The Balaban J connectivity index is 2.23. The SMILES string of the molecule is CO[C@H]1CNC[C@H](O)C1. The zero-order valence-electron chi connectivity index (χ0n) is 5.63. The van der Waals surface area contributed by atoms with Crippen LogP contribution >= 0.6 is 0 Å². The second-order valence-electron chi connectivity index (χ2n) is 2.41. The van der Waals surface area contributed by atoms with Crippen molar-refractivity contribution in [2.24, 2.45) is 0 Å². The minimum absolute atomic E-state index is 0.203. The van der Waals surface area contributed by atoms with E-state index in [1.54, 1.807) is 7.11 Å². The third-order valence-electron chi connectivity index (χ3n) is 1.62. The number of rotatable bonds is 1. The summed E-state index contributed by atoms with van der Waals surface area (Å²) < 4.78 is 5.04. The minimum Gasteiger partial charge on any atom is -0.392 e. The molecule has 2 N–H and O–H groups in total. The normalized spacial score (nSPS) is 36.7. The standard InChI is InChI=1S/C6H13NO2/c1-9-6-2-5(8)3-7-4-6/h5-8H,2-4H2,1H3/t5-,6-/m1/s1. The van der Waals surface area contributed by atoms with E-state index in [2.05, 4.69) is 5.32 Å². The summed E-state index contributed by atoms with van der Waals surface area (Å²) in [6.07, 6.45) is 0.751. The predicted molar refractivity (Wildman–Crippen MR) is 34.3 cm³/mol. The van der Waals surface area contributed by atoms with Crippen LogP contribution in [0.4, 0.5) is 0 Å². The molecule has 1 saturated heterocycles. The van der Waals surface area contributed by atoms with Crippen LogP contribution in [0.1, 0.15) is 6.42 Å². The van der Waals surface area contributed by atoms with Gasteiger partial charge >= 0.3 is 0 Å². The lowest BCUT2D eigenvalue weighted by atomic mass is 10.1. The number of aliphatic hydroxyl groups is 1. The quantitative estimate of drug-likeness (QED) is 0.497. The third-order valence-corrected chi connectivity index (χ3v) is 1.62. The minimum atomic E-state index is -0.219. The summed E-state index contributed by atoms with van der Waals surface area (Å²) in [6, 6.07) is 0. The molecule has 3 nitrogen and oxygen atoms in total. The fourth-order valence-corrected chi connectivity index (χ4v) is 1.06. The molecule has 0 amide bonds. The zero-order chi connectivity index (χ0) is 6.69. The van der Waals surface area contributed by atoms with Crippen molar-refractivity contribution in [3.63, 3.8) is 0 Å². The van der Waals surface area contributed by atoms with Crippen LogP contribution in [0.5, 0.6) is 0 Å². The van der Waals surface area contributed by atoms with Gasteiger partial charge in [-0.05, 0) is 0 Å². The van der Waals surface area contributed by atoms with E-state index >= 15 is 0 Å². The van der Waals surface area contributed by atoms with Gasteiger partial charge in [-0.15, -0.1) is 0 Å². The molecule has 0 aliphatic carbocycles. The van der Waals surface area contributed by atoms with Crippen molar-refractivity contribution in [1.82, 2.24) is 5.32 Å². The van der Waals surface area contributed by atoms with E-state index in [0.29, 0.717) is 6.54 Å². The Morgan fingerprint density at radius 1 is 1.56 bits per heavy atom. The van der Waals surface area contributed by atoms with Gasteiger partial charge in [-0.1, -0.05) is 0 Å². The summed E-state index contributed by atoms with van der Waals surface area (Å²) in [5, 5.41) is 12.1. The second-order valence-corrected chi connectivity index (χ2v) is 2.41. The molecule has 9 heavy (non-hydrogen) atoms. The topological polar surface area (TPSA) is 41.5 Å². The number of hydrogen-bond acceptors (Lipinski definition) is 3. The van der Waals surface area contributed by atoms with Crippen LogP contribution in [0.3, 0.4) is 0 Å². The number of piperidine rings is 1. The largest absolute Gasteiger partial charge is 0.392 e. The second kappa shape index (κ2) is 3.15. The highest BCUT2D eigenvalue weighted by Gasteiger charge is 2.18. The van der Waals surface area contributed by atoms with Crippen molar-refractivity contribution in [3.8, 4) is 0 Å². The molecule has 0 spiro atoms. The van der Waals surface area contributed by atoms with E-state index in [4.69, 9.17) is 9.84 Å². The molecule has 2 atom stereocenters. The van der Waals surface area contributed by atoms with Crippen molar-refractivity contribution < 1.29 is 9.84 Å². The van der Waals surface area contributed by atoms with Crippen LogP contribution in [0, 0.1) is 0 Å². The van der Waals surface area contributed by atoms with Crippen LogP contribution in [0.2, 0.25) is 0 Å². The Hall–Kier alpha value is -0.120. The molecule has 0 aromatic heterocycles. The van der Waals surface area contributed by atoms with E-state index < -0.39 is 0 Å². The monoisotopic (exact) mass is 131 g/mol. The maximum Gasteiger partial charge on any atom is 0.0720 e. The molecule has 1 aliphatic heterocycles. The van der Waals surface area contributed by atoms with Crippen molar-refractivity contribution in [2.75, 3.05) is 20.2 Å². The summed E-state index contributed by atoms with van der Waals surface area (Å²) in [7, 11) is 1.67. The third kappa shape index (κ3) is 1.93. The van der Waals surface area contributed by atoms with Gasteiger partial charge in [0.2, 0.25) is 0 Å². The average Bonchev–Trinajstić information content (AvgIpc) is 1.88. The first-order chi connectivity index (χ1) is 4.33. The molecular weight excluding hydrogens is 118 g/mol. The first-order valence-electron chi connectivity index (χ1n) is 3.24. The van der Waals surface area contributed by atoms with Gasteiger partial charge in [0, 0.05) is 26.6 Å². The van der Waals surface area contributed by atoms with Crippen LogP contribution in [0.15, 0.2) is 0 Å². The van der Waals surface area contributed by atoms with Crippen LogP contribution in [-0.2, 0) is 4.74 Å². The van der Waals surface area contributed by atoms with Crippen molar-refractivity contribution in [3.05, 3.63) is 0 Å². The zero-order valence-corrected chi connectivity index (χ0v) is 5.63. The van der Waals surface area contributed by atoms with Gasteiger partial charge in [0.25, 0.3) is 0 Å². The van der Waals surface area contributed by atoms with E-state index in [0.717, 1.165) is 13.0 Å². The summed E-state index contributed by atoms with van der Waals surface area (Å²) in [6.45, 7) is 1.58. The van der Waals surface area contributed by atoms with Gasteiger partial charge in [0.1, 0.15) is 0 Å². The fraction of sp³-hybridized carbons (Fsp3) is 1.00. The van der Waals surface area contributed by atoms with Crippen molar-refractivity contribution >= 4 is 0 Å². The highest BCUT2D eigenvalue weighted by Crippen LogP contribution is 2.04. The summed E-state index contributed by atoms with van der Waals surface area (Å²) in [4.78, 5) is 0. The number of β-amino-alcohol motifs (C(OH)–C–C–N with tert-alkyl or cyclic N) is 1. The molecule has 3 heteroatoms. The Bertz CT molecular complexity index is 87.1. The fourth-order valence-electron chi connectivity index (χ4n) is 1.06. The van der Waals surface area contributed by atoms with Gasteiger partial charge in [-0.25, -0.2) is 0 Å². The van der Waals surface area contributed by atoms with Gasteiger partial charge in [-0.3, -0.25) is 0 Å². The highest BCUT2D eigenvalue weighted by atomic mass is 16.5. The molecule has 0 aromatic carbocycles. The number of methoxy groups -OCH3 is 1. The van der Waals surface area contributed by atoms with Gasteiger partial charge in [0.05, 0.1) is 12.2 Å². The first-order valence-corrected chi connectivity index (χ1v) is 3.24. The number of aliphatic hydroxyl groups excluding tert-OH is 1. The highest BCUT2D eigenvalue weighted by molar-refractivity contribution is 4.74. The van der Waals surface area contributed by atoms with E-state index in [1.807, 2.05) is 0 Å². The molecule has 0 aromatic rings. The molecule has 1 fully saturated rings. The van der Waals surface area contributed by atoms with Crippen LogP contribution in [-0.4, -0.2) is 37.5 Å². The van der Waals surface area contributed by atoms with Crippen molar-refractivity contribution in [2.45, 2.75) is 18.6 Å². The molecule has 1 rings (SSSR count). The molecule has 0 unspecified atom stereocenters. The van der Waals surface area contributed by atoms with Crippen LogP contribution < -0.4 is 5.32 Å². The maximum absolute atomic E-state index is 9.07. The molecule has 0 bridgehead atoms.